The predicted molar refractivity (Wildman–Crippen MR) is 213 cm³/mol. The van der Waals surface area contributed by atoms with Gasteiger partial charge in [0.15, 0.2) is 0 Å². The van der Waals surface area contributed by atoms with E-state index in [1.807, 2.05) is 32.2 Å². The highest BCUT2D eigenvalue weighted by molar-refractivity contribution is 7.90. The summed E-state index contributed by atoms with van der Waals surface area (Å²) in [6, 6.07) is 12.2. The zero-order valence-corrected chi connectivity index (χ0v) is 33.7. The summed E-state index contributed by atoms with van der Waals surface area (Å²) in [6.07, 6.45) is 12.4. The fourth-order valence-electron chi connectivity index (χ4n) is 10.0. The van der Waals surface area contributed by atoms with Crippen molar-refractivity contribution in [3.8, 4) is 5.75 Å². The molecule has 11 heteroatoms. The monoisotopic (exact) mass is 768 g/mol. The van der Waals surface area contributed by atoms with E-state index in [9.17, 15) is 13.2 Å². The lowest BCUT2D eigenvalue weighted by Crippen LogP contribution is -2.61. The Bertz CT molecular complexity index is 1710. The number of fused-ring (bicyclic) bond motifs is 4. The molecule has 4 heterocycles. The number of halogens is 1. The van der Waals surface area contributed by atoms with Gasteiger partial charge in [-0.25, -0.2) is 13.1 Å². The van der Waals surface area contributed by atoms with Crippen LogP contribution >= 0.6 is 11.6 Å². The smallest absolute Gasteiger partial charge is 0.264 e. The molecule has 0 unspecified atom stereocenters. The van der Waals surface area contributed by atoms with E-state index < -0.39 is 21.2 Å². The standard InChI is InChI=1S/C42H61ClN4O5S/c1-30-9-8-19-42(51-3,29-45-22-23-46-20-7-5-11-37(46)28-45)38-16-13-35(38)27-47-21-6-4-10-33-25-36(43)15-12-32(33)18-24-52-40-17-14-34(26-39(40)47)41(48)44-53(49,50)31(30)2/h12,14-15,17,25-26,30-31,35,37-38H,4-11,13,16,18-24,27-29H2,1-3H3,(H,44,48)/t30-,31+,35-,37+,38+,42-/m0/s1. The Morgan fingerprint density at radius 2 is 1.75 bits per heavy atom. The number of piperidine rings is 1. The number of amides is 1. The molecule has 6 atom stereocenters. The van der Waals surface area contributed by atoms with Gasteiger partial charge in [0, 0.05) is 69.4 Å². The molecular weight excluding hydrogens is 708 g/mol. The molecule has 2 saturated heterocycles. The van der Waals surface area contributed by atoms with Crippen LogP contribution in [0.5, 0.6) is 5.75 Å². The first kappa shape index (κ1) is 38.9. The van der Waals surface area contributed by atoms with E-state index in [4.69, 9.17) is 21.1 Å². The van der Waals surface area contributed by atoms with Crippen molar-refractivity contribution in [3.63, 3.8) is 0 Å². The quantitative estimate of drug-likeness (QED) is 0.359. The lowest BCUT2D eigenvalue weighted by molar-refractivity contribution is -0.136. The number of nitrogens with zero attached hydrogens (tertiary/aromatic N) is 3. The van der Waals surface area contributed by atoms with Crippen molar-refractivity contribution in [2.45, 2.75) is 108 Å². The number of rotatable bonds is 3. The highest BCUT2D eigenvalue weighted by atomic mass is 35.5. The second-order valence-corrected chi connectivity index (χ2v) is 19.3. The van der Waals surface area contributed by atoms with Crippen molar-refractivity contribution < 1.29 is 22.7 Å². The molecule has 5 aliphatic rings. The minimum atomic E-state index is -3.91. The third-order valence-electron chi connectivity index (χ3n) is 13.6. The molecule has 2 bridgehead atoms. The third kappa shape index (κ3) is 8.72. The van der Waals surface area contributed by atoms with E-state index in [1.54, 1.807) is 13.0 Å². The van der Waals surface area contributed by atoms with Gasteiger partial charge in [-0.15, -0.1) is 0 Å². The number of carbonyl (C=O) groups is 1. The number of nitrogens with one attached hydrogen (secondary N) is 1. The van der Waals surface area contributed by atoms with E-state index in [2.05, 4.69) is 31.6 Å². The Labute approximate surface area is 323 Å². The highest BCUT2D eigenvalue weighted by Gasteiger charge is 2.50. The fraction of sp³-hybridized carbons (Fsp3) is 0.690. The average molecular weight is 769 g/mol. The second-order valence-electron chi connectivity index (χ2n) is 16.8. The number of methoxy groups -OCH3 is 1. The maximum absolute atomic E-state index is 13.6. The van der Waals surface area contributed by atoms with Crippen LogP contribution in [0.25, 0.3) is 0 Å². The molecule has 0 aromatic heterocycles. The summed E-state index contributed by atoms with van der Waals surface area (Å²) in [5.74, 6) is 0.824. The van der Waals surface area contributed by atoms with Crippen LogP contribution in [0.2, 0.25) is 5.02 Å². The van der Waals surface area contributed by atoms with Gasteiger partial charge >= 0.3 is 0 Å². The van der Waals surface area contributed by atoms with Crippen LogP contribution in [0.4, 0.5) is 5.69 Å². The molecule has 9 nitrogen and oxygen atoms in total. The van der Waals surface area contributed by atoms with E-state index >= 15 is 0 Å². The largest absolute Gasteiger partial charge is 0.491 e. The lowest BCUT2D eigenvalue weighted by Gasteiger charge is -2.54. The second kappa shape index (κ2) is 16.8. The van der Waals surface area contributed by atoms with Crippen LogP contribution in [0, 0.1) is 17.8 Å². The lowest BCUT2D eigenvalue weighted by atomic mass is 9.62. The summed E-state index contributed by atoms with van der Waals surface area (Å²) >= 11 is 6.43. The van der Waals surface area contributed by atoms with Crippen molar-refractivity contribution in [3.05, 3.63) is 58.1 Å². The van der Waals surface area contributed by atoms with Gasteiger partial charge in [0.2, 0.25) is 10.0 Å². The van der Waals surface area contributed by atoms with Crippen molar-refractivity contribution in [1.82, 2.24) is 14.5 Å². The first-order valence-corrected chi connectivity index (χ1v) is 22.3. The highest BCUT2D eigenvalue weighted by Crippen LogP contribution is 2.48. The van der Waals surface area contributed by atoms with Crippen LogP contribution in [-0.2, 0) is 27.6 Å². The Kier molecular flexibility index (Phi) is 12.3. The van der Waals surface area contributed by atoms with Gasteiger partial charge < -0.3 is 14.4 Å². The van der Waals surface area contributed by atoms with Crippen LogP contribution in [0.15, 0.2) is 36.4 Å². The van der Waals surface area contributed by atoms with Gasteiger partial charge in [-0.1, -0.05) is 37.4 Å². The summed E-state index contributed by atoms with van der Waals surface area (Å²) in [4.78, 5) is 21.5. The van der Waals surface area contributed by atoms with Crippen molar-refractivity contribution >= 4 is 33.2 Å². The zero-order valence-electron chi connectivity index (χ0n) is 32.2. The molecule has 7 rings (SSSR count). The first-order valence-electron chi connectivity index (χ1n) is 20.4. The molecular formula is C42H61ClN4O5S. The Hall–Kier alpha value is -2.37. The molecule has 2 aromatic carbocycles. The first-order chi connectivity index (χ1) is 25.5. The molecule has 1 N–H and O–H groups in total. The molecule has 2 aromatic rings. The number of hydrogen-bond donors (Lipinski definition) is 1. The SMILES string of the molecule is CO[C@]1(CN2CCN3CCCC[C@@H]3C2)CCC[C@H](C)[C@@H](C)S(=O)(=O)NC(=O)c2ccc3c(c2)N(CCCCc2cc(Cl)ccc2CCO3)C[C@@H]2CC[C@H]21. The molecule has 1 aliphatic carbocycles. The zero-order chi connectivity index (χ0) is 37.2. The third-order valence-corrected chi connectivity index (χ3v) is 15.8. The summed E-state index contributed by atoms with van der Waals surface area (Å²) in [5.41, 5.74) is 3.41. The van der Waals surface area contributed by atoms with Crippen LogP contribution in [-0.4, -0.2) is 101 Å². The summed E-state index contributed by atoms with van der Waals surface area (Å²) < 4.78 is 43.1. The molecule has 4 aliphatic heterocycles. The minimum Gasteiger partial charge on any atom is -0.491 e. The van der Waals surface area contributed by atoms with Gasteiger partial charge in [-0.3, -0.25) is 14.6 Å². The normalized spacial score (nSPS) is 32.0. The number of carbonyl (C=O) groups excluding carboxylic acids is 1. The minimum absolute atomic E-state index is 0.118. The van der Waals surface area contributed by atoms with Gasteiger partial charge in [0.25, 0.3) is 5.91 Å². The number of ether oxygens (including phenoxy) is 2. The summed E-state index contributed by atoms with van der Waals surface area (Å²) in [5, 5.41) is 0.0485. The molecule has 0 spiro atoms. The van der Waals surface area contributed by atoms with Crippen molar-refractivity contribution in [1.29, 1.82) is 0 Å². The van der Waals surface area contributed by atoms with Crippen molar-refractivity contribution in [2.75, 3.05) is 64.4 Å². The molecule has 1 amide bonds. The average Bonchev–Trinajstić information content (AvgIpc) is 3.13. The van der Waals surface area contributed by atoms with Crippen LogP contribution in [0.3, 0.4) is 0 Å². The van der Waals surface area contributed by atoms with E-state index in [-0.39, 0.29) is 11.5 Å². The number of aryl methyl sites for hydroxylation is 1. The van der Waals surface area contributed by atoms with Crippen LogP contribution < -0.4 is 14.4 Å². The van der Waals surface area contributed by atoms with Crippen LogP contribution in [0.1, 0.15) is 99.5 Å². The molecule has 0 radical (unpaired) electrons. The fourth-order valence-corrected chi connectivity index (χ4v) is 11.6. The van der Waals surface area contributed by atoms with Gasteiger partial charge in [0.05, 0.1) is 23.1 Å². The summed E-state index contributed by atoms with van der Waals surface area (Å²) in [6.45, 7) is 11.3. The van der Waals surface area contributed by atoms with Gasteiger partial charge in [0.1, 0.15) is 5.75 Å². The van der Waals surface area contributed by atoms with E-state index in [0.717, 1.165) is 114 Å². The van der Waals surface area contributed by atoms with Crippen molar-refractivity contribution in [2.24, 2.45) is 17.8 Å². The predicted octanol–water partition coefficient (Wildman–Crippen LogP) is 6.95. The topological polar surface area (TPSA) is 91.4 Å². The maximum Gasteiger partial charge on any atom is 0.264 e. The Balaban J connectivity index is 1.22. The number of anilines is 1. The Morgan fingerprint density at radius 1 is 0.906 bits per heavy atom. The van der Waals surface area contributed by atoms with Gasteiger partial charge in [-0.05, 0) is 130 Å². The molecule has 3 fully saturated rings. The Morgan fingerprint density at radius 3 is 2.57 bits per heavy atom. The molecule has 1 saturated carbocycles. The van der Waals surface area contributed by atoms with Gasteiger partial charge in [-0.2, -0.15) is 0 Å². The number of hydrogen-bond acceptors (Lipinski definition) is 8. The summed E-state index contributed by atoms with van der Waals surface area (Å²) in [7, 11) is -1.99. The molecule has 292 valence electrons. The van der Waals surface area contributed by atoms with E-state index in [1.165, 1.54) is 36.9 Å². The molecule has 53 heavy (non-hydrogen) atoms. The number of benzene rings is 2. The number of piperazine rings is 1. The van der Waals surface area contributed by atoms with E-state index in [0.29, 0.717) is 30.0 Å². The number of sulfonamides is 1. The maximum atomic E-state index is 13.6.